The SMILES string of the molecule is C[CH2][Ge]([CH2]C)([CH2]C)[C@]1(C(C)C)[C@H](C(=O)OC(C)(C)C)[O+]1[B-](F)(F)F. The van der Waals surface area contributed by atoms with Crippen LogP contribution in [0.1, 0.15) is 55.4 Å². The minimum absolute atomic E-state index is 0.261. The molecule has 0 radical (unpaired) electrons. The average Bonchev–Trinajstić information content (AvgIpc) is 3.12. The van der Waals surface area contributed by atoms with Crippen molar-refractivity contribution in [3.05, 3.63) is 0 Å². The van der Waals surface area contributed by atoms with Gasteiger partial charge in [0.1, 0.15) is 0 Å². The molecule has 0 aromatic heterocycles. The van der Waals surface area contributed by atoms with Crippen LogP contribution in [-0.2, 0) is 13.8 Å². The van der Waals surface area contributed by atoms with Gasteiger partial charge in [-0.1, -0.05) is 0 Å². The van der Waals surface area contributed by atoms with Crippen LogP contribution in [0.15, 0.2) is 0 Å². The number of ether oxygens (including phenoxy) is 1. The van der Waals surface area contributed by atoms with Crippen molar-refractivity contribution in [2.24, 2.45) is 5.92 Å². The standard InChI is InChI=1S/C16H32BF3GeO3/c1-9-21(10-2,11-3)16(12(4)5)13(24(16)17(18,19)20)14(22)23-15(6,7)8/h12-13H,9-11H2,1-8H3/t13-,16-/m0/s1. The van der Waals surface area contributed by atoms with Crippen molar-refractivity contribution in [1.29, 1.82) is 0 Å². The van der Waals surface area contributed by atoms with Gasteiger partial charge in [0, 0.05) is 0 Å². The molecule has 0 N–H and O–H groups in total. The molecule has 0 bridgehead atoms. The number of hydrogen-bond acceptors (Lipinski definition) is 2. The Labute approximate surface area is 146 Å². The number of hydrogen-bond donors (Lipinski definition) is 0. The van der Waals surface area contributed by atoms with E-state index in [1.54, 1.807) is 25.1 Å². The zero-order valence-electron chi connectivity index (χ0n) is 16.2. The molecule has 1 saturated heterocycles. The first-order chi connectivity index (χ1) is 10.7. The van der Waals surface area contributed by atoms with Crippen molar-refractivity contribution in [2.45, 2.75) is 87.3 Å². The molecule has 8 heteroatoms. The maximum atomic E-state index is 13.9. The summed E-state index contributed by atoms with van der Waals surface area (Å²) < 4.78 is 47.4. The maximum absolute atomic E-state index is 13.9. The molecule has 2 atom stereocenters. The fourth-order valence-corrected chi connectivity index (χ4v) is 16.9. The van der Waals surface area contributed by atoms with Crippen LogP contribution in [0.2, 0.25) is 15.8 Å². The van der Waals surface area contributed by atoms with E-state index in [2.05, 4.69) is 0 Å². The Morgan fingerprint density at radius 2 is 1.58 bits per heavy atom. The van der Waals surface area contributed by atoms with Crippen LogP contribution in [0.4, 0.5) is 12.9 Å². The van der Waals surface area contributed by atoms with E-state index in [0.29, 0.717) is 0 Å². The number of carbonyl (C=O) groups is 1. The van der Waals surface area contributed by atoms with Crippen molar-refractivity contribution in [3.8, 4) is 0 Å². The Hall–Kier alpha value is -0.172. The molecule has 3 nitrogen and oxygen atoms in total. The van der Waals surface area contributed by atoms with E-state index >= 15 is 0 Å². The predicted molar refractivity (Wildman–Crippen MR) is 94.6 cm³/mol. The number of halogens is 3. The molecule has 1 heterocycles. The molecule has 1 fully saturated rings. The summed E-state index contributed by atoms with van der Waals surface area (Å²) in [7, 11) is -5.31. The normalized spacial score (nSPS) is 25.9. The summed E-state index contributed by atoms with van der Waals surface area (Å²) in [6.45, 7) is 14.7. The zero-order chi connectivity index (χ0) is 19.1. The van der Waals surface area contributed by atoms with Crippen LogP contribution >= 0.6 is 0 Å². The molecule has 1 rings (SSSR count). The minimum atomic E-state index is -5.31. The molecule has 0 saturated carbocycles. The van der Waals surface area contributed by atoms with E-state index in [9.17, 15) is 17.7 Å². The second kappa shape index (κ2) is 6.86. The molecule has 24 heavy (non-hydrogen) atoms. The van der Waals surface area contributed by atoms with Crippen molar-refractivity contribution >= 4 is 26.4 Å². The van der Waals surface area contributed by atoms with Gasteiger partial charge in [-0.2, -0.15) is 0 Å². The molecule has 0 aliphatic carbocycles. The second-order valence-electron chi connectivity index (χ2n) is 8.09. The quantitative estimate of drug-likeness (QED) is 0.253. The van der Waals surface area contributed by atoms with E-state index in [1.165, 1.54) is 0 Å². The summed E-state index contributed by atoms with van der Waals surface area (Å²) in [6.07, 6.45) is -1.24. The Morgan fingerprint density at radius 1 is 1.17 bits per heavy atom. The van der Waals surface area contributed by atoms with E-state index in [0.717, 1.165) is 15.8 Å². The monoisotopic (exact) mass is 414 g/mol. The van der Waals surface area contributed by atoms with Crippen LogP contribution in [0.25, 0.3) is 0 Å². The first-order valence-electron chi connectivity index (χ1n) is 8.90. The van der Waals surface area contributed by atoms with Crippen LogP contribution < -0.4 is 0 Å². The van der Waals surface area contributed by atoms with Gasteiger partial charge in [-0.25, -0.2) is 0 Å². The second-order valence-corrected chi connectivity index (χ2v) is 19.6. The van der Waals surface area contributed by atoms with Crippen molar-refractivity contribution in [3.63, 3.8) is 0 Å². The van der Waals surface area contributed by atoms with Crippen LogP contribution in [0.5, 0.6) is 0 Å². The summed E-state index contributed by atoms with van der Waals surface area (Å²) in [5, 5.41) is 2.29. The van der Waals surface area contributed by atoms with Gasteiger partial charge in [-0.15, -0.1) is 0 Å². The Balaban J connectivity index is 3.47. The van der Waals surface area contributed by atoms with Gasteiger partial charge < -0.3 is 0 Å². The first-order valence-corrected chi connectivity index (χ1v) is 14.4. The fraction of sp³-hybridized carbons (Fsp3) is 0.938. The summed E-state index contributed by atoms with van der Waals surface area (Å²) >= 11 is -3.01. The molecule has 0 aromatic rings. The number of rotatable bonds is 7. The zero-order valence-corrected chi connectivity index (χ0v) is 18.3. The summed E-state index contributed by atoms with van der Waals surface area (Å²) in [5.74, 6) is -1.01. The van der Waals surface area contributed by atoms with E-state index < -0.39 is 42.6 Å². The van der Waals surface area contributed by atoms with Crippen LogP contribution in [0, 0.1) is 5.92 Å². The van der Waals surface area contributed by atoms with E-state index in [-0.39, 0.29) is 5.92 Å². The molecule has 0 amide bonds. The van der Waals surface area contributed by atoms with E-state index in [4.69, 9.17) is 4.74 Å². The first kappa shape index (κ1) is 21.9. The topological polar surface area (TPSA) is 29.0 Å². The molecule has 1 aliphatic rings. The van der Waals surface area contributed by atoms with Crippen LogP contribution in [0.3, 0.4) is 0 Å². The van der Waals surface area contributed by atoms with Gasteiger partial charge in [0.15, 0.2) is 0 Å². The van der Waals surface area contributed by atoms with Crippen molar-refractivity contribution in [1.82, 2.24) is 0 Å². The van der Waals surface area contributed by atoms with Gasteiger partial charge >= 0.3 is 146 Å². The third-order valence-corrected chi connectivity index (χ3v) is 19.9. The molecule has 0 unspecified atom stereocenters. The molecular formula is C16H32BF3GeO3. The third kappa shape index (κ3) is 3.39. The van der Waals surface area contributed by atoms with Gasteiger partial charge in [-0.05, 0) is 0 Å². The third-order valence-electron chi connectivity index (χ3n) is 5.60. The van der Waals surface area contributed by atoms with Gasteiger partial charge in [0.2, 0.25) is 0 Å². The Morgan fingerprint density at radius 3 is 1.83 bits per heavy atom. The van der Waals surface area contributed by atoms with Gasteiger partial charge in [0.25, 0.3) is 0 Å². The average molecular weight is 413 g/mol. The number of carbonyl (C=O) groups excluding carboxylic acids is 1. The Bertz CT molecular complexity index is 464. The fourth-order valence-electron chi connectivity index (χ4n) is 4.60. The van der Waals surface area contributed by atoms with E-state index in [1.807, 2.05) is 34.6 Å². The molecule has 0 spiro atoms. The van der Waals surface area contributed by atoms with Gasteiger partial charge in [0.05, 0.1) is 0 Å². The summed E-state index contributed by atoms with van der Waals surface area (Å²) in [5.41, 5.74) is -0.798. The molecule has 1 aliphatic heterocycles. The van der Waals surface area contributed by atoms with Crippen molar-refractivity contribution in [2.75, 3.05) is 0 Å². The number of epoxide rings is 1. The van der Waals surface area contributed by atoms with Crippen molar-refractivity contribution < 1.29 is 26.8 Å². The Kier molecular flexibility index (Phi) is 6.25. The molecule has 0 aromatic carbocycles. The molecule has 142 valence electrons. The number of esters is 1. The summed E-state index contributed by atoms with van der Waals surface area (Å²) in [4.78, 5) is 12.6. The molecular weight excluding hydrogens is 381 g/mol. The van der Waals surface area contributed by atoms with Crippen LogP contribution in [-0.4, -0.2) is 42.6 Å². The van der Waals surface area contributed by atoms with Gasteiger partial charge in [-0.3, -0.25) is 0 Å². The summed E-state index contributed by atoms with van der Waals surface area (Å²) in [6, 6.07) is 0. The predicted octanol–water partition coefficient (Wildman–Crippen LogP) is 5.05.